The Morgan fingerprint density at radius 3 is 2.58 bits per heavy atom. The monoisotopic (exact) mass is 564 g/mol. The number of aromatic amines is 1. The number of nitrogens with two attached hydrogens (primary N) is 1. The van der Waals surface area contributed by atoms with Crippen molar-refractivity contribution >= 4 is 5.91 Å². The molecule has 5 atom stereocenters. The number of rotatable bonds is 14. The van der Waals surface area contributed by atoms with E-state index < -0.39 is 42.7 Å². The molecule has 1 saturated heterocycles. The van der Waals surface area contributed by atoms with Crippen LogP contribution in [0.15, 0.2) is 18.2 Å². The Morgan fingerprint density at radius 1 is 1.23 bits per heavy atom. The highest BCUT2D eigenvalue weighted by Crippen LogP contribution is 2.32. The fourth-order valence-electron chi connectivity index (χ4n) is 4.40. The lowest BCUT2D eigenvalue weighted by molar-refractivity contribution is -0.278. The lowest BCUT2D eigenvalue weighted by Crippen LogP contribution is -2.60. The number of aromatic nitrogens is 2. The zero-order chi connectivity index (χ0) is 29.6. The third-order valence-electron chi connectivity index (χ3n) is 7.20. The van der Waals surface area contributed by atoms with Gasteiger partial charge in [0.15, 0.2) is 0 Å². The number of benzene rings is 1. The molecule has 3 unspecified atom stereocenters. The van der Waals surface area contributed by atoms with Crippen molar-refractivity contribution in [3.8, 4) is 11.6 Å². The smallest absolute Gasteiger partial charge is 0.238 e. The highest BCUT2D eigenvalue weighted by atomic mass is 16.7. The first-order valence-corrected chi connectivity index (χ1v) is 13.6. The normalized spacial score (nSPS) is 23.4. The number of nitrogens with one attached hydrogen (secondary N) is 2. The summed E-state index contributed by atoms with van der Waals surface area (Å²) in [6, 6.07) is 5.85. The van der Waals surface area contributed by atoms with Crippen LogP contribution in [0.25, 0.3) is 0 Å². The Kier molecular flexibility index (Phi) is 10.9. The third kappa shape index (κ3) is 7.71. The van der Waals surface area contributed by atoms with Crippen molar-refractivity contribution < 1.29 is 39.4 Å². The number of nitrogens with zero attached hydrogens (tertiary/aromatic N) is 1. The molecule has 0 aliphatic carbocycles. The molecule has 0 bridgehead atoms. The molecule has 1 fully saturated rings. The average Bonchev–Trinajstić information content (AvgIpc) is 3.30. The Balaban J connectivity index is 1.64. The average molecular weight is 565 g/mol. The number of hydrogen-bond donors (Lipinski definition) is 7. The van der Waals surface area contributed by atoms with E-state index >= 15 is 0 Å². The minimum absolute atomic E-state index is 0.0970. The summed E-state index contributed by atoms with van der Waals surface area (Å²) < 4.78 is 17.3. The van der Waals surface area contributed by atoms with E-state index in [0.717, 1.165) is 34.6 Å². The molecule has 12 nitrogen and oxygen atoms in total. The van der Waals surface area contributed by atoms with Crippen molar-refractivity contribution in [1.82, 2.24) is 15.5 Å². The predicted molar refractivity (Wildman–Crippen MR) is 147 cm³/mol. The molecule has 1 aliphatic rings. The van der Waals surface area contributed by atoms with Gasteiger partial charge in [-0.2, -0.15) is 0 Å². The number of aliphatic hydroxyl groups excluding tert-OH is 4. The highest BCUT2D eigenvalue weighted by Gasteiger charge is 2.45. The highest BCUT2D eigenvalue weighted by molar-refractivity contribution is 5.80. The second kappa shape index (κ2) is 13.7. The largest absolute Gasteiger partial charge is 0.494 e. The van der Waals surface area contributed by atoms with Crippen molar-refractivity contribution in [1.29, 1.82) is 0 Å². The molecule has 1 aromatic heterocycles. The van der Waals surface area contributed by atoms with Crippen LogP contribution in [0, 0.1) is 12.3 Å². The van der Waals surface area contributed by atoms with E-state index in [1.807, 2.05) is 39.0 Å². The second-order valence-electron chi connectivity index (χ2n) is 11.3. The molecule has 3 rings (SSSR count). The van der Waals surface area contributed by atoms with Crippen molar-refractivity contribution in [2.24, 2.45) is 11.1 Å². The van der Waals surface area contributed by atoms with Crippen LogP contribution in [0.4, 0.5) is 0 Å². The lowest BCUT2D eigenvalue weighted by atomic mass is 9.93. The zero-order valence-electron chi connectivity index (χ0n) is 23.9. The predicted octanol–water partition coefficient (Wildman–Crippen LogP) is 0.481. The first-order chi connectivity index (χ1) is 18.9. The zero-order valence-corrected chi connectivity index (χ0v) is 23.9. The number of hydrogen-bond acceptors (Lipinski definition) is 10. The molecule has 2 heterocycles. The minimum atomic E-state index is -1.55. The molecule has 1 amide bonds. The minimum Gasteiger partial charge on any atom is -0.494 e. The van der Waals surface area contributed by atoms with Gasteiger partial charge in [-0.05, 0) is 62.9 Å². The SMILES string of the molecule is Cc1cc(OCCCNCC(C)(C)C(N)=O)ccc1Cc1c(O[C@@H]2OC(CO)[C@@H](O)C(O)C2O)n[nH]c1C(C)C. The van der Waals surface area contributed by atoms with Gasteiger partial charge in [0.1, 0.15) is 30.2 Å². The molecule has 0 radical (unpaired) electrons. The van der Waals surface area contributed by atoms with Crippen LogP contribution in [-0.2, 0) is 16.0 Å². The van der Waals surface area contributed by atoms with E-state index in [1.165, 1.54) is 0 Å². The third-order valence-corrected chi connectivity index (χ3v) is 7.20. The van der Waals surface area contributed by atoms with Crippen molar-refractivity contribution in [2.75, 3.05) is 26.3 Å². The topological polar surface area (TPSA) is 192 Å². The summed E-state index contributed by atoms with van der Waals surface area (Å²) in [7, 11) is 0. The quantitative estimate of drug-likeness (QED) is 0.159. The number of H-pyrrole nitrogens is 1. The van der Waals surface area contributed by atoms with Crippen molar-refractivity contribution in [3.05, 3.63) is 40.6 Å². The van der Waals surface area contributed by atoms with Crippen LogP contribution >= 0.6 is 0 Å². The maximum Gasteiger partial charge on any atom is 0.238 e. The van der Waals surface area contributed by atoms with Gasteiger partial charge in [-0.15, -0.1) is 5.10 Å². The Bertz CT molecular complexity index is 1120. The second-order valence-corrected chi connectivity index (χ2v) is 11.3. The van der Waals surface area contributed by atoms with Crippen LogP contribution in [0.3, 0.4) is 0 Å². The number of ether oxygens (including phenoxy) is 3. The summed E-state index contributed by atoms with van der Waals surface area (Å²) in [5.74, 6) is 0.711. The molecule has 1 aliphatic heterocycles. The summed E-state index contributed by atoms with van der Waals surface area (Å²) in [6.07, 6.45) is -5.72. The fourth-order valence-corrected chi connectivity index (χ4v) is 4.40. The van der Waals surface area contributed by atoms with Crippen LogP contribution in [0.2, 0.25) is 0 Å². The molecule has 224 valence electrons. The lowest BCUT2D eigenvalue weighted by Gasteiger charge is -2.39. The van der Waals surface area contributed by atoms with Gasteiger partial charge in [-0.25, -0.2) is 0 Å². The van der Waals surface area contributed by atoms with Gasteiger partial charge in [-0.1, -0.05) is 19.9 Å². The van der Waals surface area contributed by atoms with Gasteiger partial charge in [0, 0.05) is 24.2 Å². The summed E-state index contributed by atoms with van der Waals surface area (Å²) in [5.41, 5.74) is 8.45. The maximum absolute atomic E-state index is 11.4. The molecule has 40 heavy (non-hydrogen) atoms. The van der Waals surface area contributed by atoms with Crippen LogP contribution < -0.4 is 20.5 Å². The standard InChI is InChI=1S/C28H44N4O8/c1-15(2)21-19(25(32-31-21)40-26-24(36)23(35)22(34)20(13-33)39-26)12-17-7-8-18(11-16(17)3)38-10-6-9-30-14-28(4,5)27(29)37/h7-8,11,15,20,22-24,26,30,33-36H,6,9-10,12-14H2,1-5H3,(H2,29,37)(H,31,32)/t20?,22-,23?,24?,26+/m1/s1. The summed E-state index contributed by atoms with van der Waals surface area (Å²) in [5, 5.41) is 50.6. The van der Waals surface area contributed by atoms with Crippen LogP contribution in [-0.4, -0.2) is 93.5 Å². The van der Waals surface area contributed by atoms with Gasteiger partial charge in [0.2, 0.25) is 18.1 Å². The number of primary amides is 1. The summed E-state index contributed by atoms with van der Waals surface area (Å²) in [4.78, 5) is 11.4. The van der Waals surface area contributed by atoms with E-state index in [4.69, 9.17) is 19.9 Å². The molecular weight excluding hydrogens is 520 g/mol. The molecule has 2 aromatic rings. The van der Waals surface area contributed by atoms with E-state index in [2.05, 4.69) is 15.5 Å². The molecule has 8 N–H and O–H groups in total. The number of aliphatic hydroxyl groups is 4. The number of amides is 1. The first kappa shape index (κ1) is 31.8. The van der Waals surface area contributed by atoms with E-state index in [-0.39, 0.29) is 17.7 Å². The number of aryl methyl sites for hydroxylation is 1. The Labute approximate surface area is 234 Å². The van der Waals surface area contributed by atoms with Gasteiger partial charge >= 0.3 is 0 Å². The summed E-state index contributed by atoms with van der Waals surface area (Å²) >= 11 is 0. The first-order valence-electron chi connectivity index (χ1n) is 13.6. The van der Waals surface area contributed by atoms with Crippen molar-refractivity contribution in [2.45, 2.75) is 84.1 Å². The molecule has 0 saturated carbocycles. The summed E-state index contributed by atoms with van der Waals surface area (Å²) in [6.45, 7) is 10.8. The maximum atomic E-state index is 11.4. The van der Waals surface area contributed by atoms with Crippen LogP contribution in [0.5, 0.6) is 11.6 Å². The molecular formula is C28H44N4O8. The molecule has 12 heteroatoms. The fraction of sp³-hybridized carbons (Fsp3) is 0.643. The van der Waals surface area contributed by atoms with E-state index in [1.54, 1.807) is 13.8 Å². The van der Waals surface area contributed by atoms with Gasteiger partial charge < -0.3 is 45.7 Å². The van der Waals surface area contributed by atoms with Gasteiger partial charge in [-0.3, -0.25) is 9.89 Å². The molecule has 0 spiro atoms. The van der Waals surface area contributed by atoms with E-state index in [9.17, 15) is 25.2 Å². The van der Waals surface area contributed by atoms with Gasteiger partial charge in [0.25, 0.3) is 0 Å². The Hall–Kier alpha value is -2.74. The van der Waals surface area contributed by atoms with E-state index in [0.29, 0.717) is 26.1 Å². The Morgan fingerprint density at radius 2 is 1.95 bits per heavy atom. The number of carbonyl (C=O) groups is 1. The number of carbonyl (C=O) groups excluding carboxylic acids is 1. The van der Waals surface area contributed by atoms with Crippen molar-refractivity contribution in [3.63, 3.8) is 0 Å². The molecule has 1 aromatic carbocycles. The van der Waals surface area contributed by atoms with Crippen LogP contribution in [0.1, 0.15) is 62.4 Å². The van der Waals surface area contributed by atoms with Gasteiger partial charge in [0.05, 0.1) is 18.6 Å².